The van der Waals surface area contributed by atoms with Crippen molar-refractivity contribution >= 4 is 5.91 Å². The maximum absolute atomic E-state index is 10.6. The molecule has 0 aliphatic heterocycles. The molecule has 1 amide bonds. The van der Waals surface area contributed by atoms with E-state index in [4.69, 9.17) is 9.94 Å². The lowest BCUT2D eigenvalue weighted by molar-refractivity contribution is -0.131. The number of rotatable bonds is 3. The van der Waals surface area contributed by atoms with Gasteiger partial charge in [0.2, 0.25) is 0 Å². The lowest BCUT2D eigenvalue weighted by Gasteiger charge is -2.06. The van der Waals surface area contributed by atoms with Crippen molar-refractivity contribution in [3.05, 3.63) is 29.8 Å². The number of benzene rings is 1. The Morgan fingerprint density at radius 2 is 2.23 bits per heavy atom. The van der Waals surface area contributed by atoms with E-state index < -0.39 is 5.91 Å². The van der Waals surface area contributed by atoms with Gasteiger partial charge in [0.05, 0.1) is 0 Å². The quantitative estimate of drug-likeness (QED) is 0.537. The van der Waals surface area contributed by atoms with Crippen LogP contribution in [0.5, 0.6) is 5.75 Å². The maximum Gasteiger partial charge on any atom is 0.281 e. The molecule has 0 radical (unpaired) electrons. The molecular formula is C9H11NO3. The van der Waals surface area contributed by atoms with Gasteiger partial charge >= 0.3 is 0 Å². The third-order valence-corrected chi connectivity index (χ3v) is 1.58. The van der Waals surface area contributed by atoms with E-state index in [9.17, 15) is 4.79 Å². The van der Waals surface area contributed by atoms with Crippen LogP contribution < -0.4 is 10.2 Å². The molecule has 0 aliphatic carbocycles. The van der Waals surface area contributed by atoms with Crippen molar-refractivity contribution in [1.29, 1.82) is 0 Å². The Labute approximate surface area is 76.1 Å². The first-order chi connectivity index (χ1) is 6.24. The van der Waals surface area contributed by atoms with Crippen molar-refractivity contribution in [1.82, 2.24) is 5.48 Å². The highest BCUT2D eigenvalue weighted by Gasteiger charge is 2.01. The first-order valence-corrected chi connectivity index (χ1v) is 3.85. The van der Waals surface area contributed by atoms with Crippen molar-refractivity contribution in [2.24, 2.45) is 0 Å². The molecule has 1 aromatic carbocycles. The van der Waals surface area contributed by atoms with Crippen molar-refractivity contribution in [3.8, 4) is 5.75 Å². The van der Waals surface area contributed by atoms with Crippen LogP contribution >= 0.6 is 0 Å². The molecule has 1 aromatic rings. The summed E-state index contributed by atoms with van der Waals surface area (Å²) in [6.07, 6.45) is 0. The van der Waals surface area contributed by atoms with Crippen LogP contribution in [0.4, 0.5) is 0 Å². The lowest BCUT2D eigenvalue weighted by Crippen LogP contribution is -2.25. The van der Waals surface area contributed by atoms with Gasteiger partial charge in [-0.15, -0.1) is 0 Å². The van der Waals surface area contributed by atoms with E-state index in [1.54, 1.807) is 6.07 Å². The van der Waals surface area contributed by atoms with Gasteiger partial charge in [-0.05, 0) is 18.6 Å². The van der Waals surface area contributed by atoms with E-state index in [1.165, 1.54) is 5.48 Å². The minimum atomic E-state index is -0.566. The van der Waals surface area contributed by atoms with Gasteiger partial charge in [-0.25, -0.2) is 5.48 Å². The molecule has 0 heterocycles. The molecule has 13 heavy (non-hydrogen) atoms. The topological polar surface area (TPSA) is 58.6 Å². The highest BCUT2D eigenvalue weighted by atomic mass is 16.5. The summed E-state index contributed by atoms with van der Waals surface area (Å²) < 4.78 is 5.12. The molecule has 0 fully saturated rings. The normalized spacial score (nSPS) is 9.38. The van der Waals surface area contributed by atoms with E-state index in [0.29, 0.717) is 5.75 Å². The maximum atomic E-state index is 10.6. The van der Waals surface area contributed by atoms with Gasteiger partial charge in [-0.1, -0.05) is 18.2 Å². The molecule has 4 heteroatoms. The van der Waals surface area contributed by atoms with Gasteiger partial charge in [-0.2, -0.15) is 0 Å². The predicted octanol–water partition coefficient (Wildman–Crippen LogP) is 0.879. The first-order valence-electron chi connectivity index (χ1n) is 3.85. The van der Waals surface area contributed by atoms with Crippen molar-refractivity contribution in [3.63, 3.8) is 0 Å². The van der Waals surface area contributed by atoms with Gasteiger partial charge in [-0.3, -0.25) is 10.0 Å². The van der Waals surface area contributed by atoms with Gasteiger partial charge < -0.3 is 4.74 Å². The fourth-order valence-electron chi connectivity index (χ4n) is 0.894. The number of hydrogen-bond acceptors (Lipinski definition) is 3. The summed E-state index contributed by atoms with van der Waals surface area (Å²) in [7, 11) is 0. The number of nitrogens with one attached hydrogen (secondary N) is 1. The number of hydrogen-bond donors (Lipinski definition) is 2. The number of amides is 1. The van der Waals surface area contributed by atoms with Crippen LogP contribution in [-0.2, 0) is 4.79 Å². The van der Waals surface area contributed by atoms with Crippen LogP contribution in [0.1, 0.15) is 5.56 Å². The zero-order chi connectivity index (χ0) is 9.68. The van der Waals surface area contributed by atoms with E-state index in [-0.39, 0.29) is 6.61 Å². The zero-order valence-corrected chi connectivity index (χ0v) is 7.28. The largest absolute Gasteiger partial charge is 0.483 e. The molecule has 0 aromatic heterocycles. The summed E-state index contributed by atoms with van der Waals surface area (Å²) in [4.78, 5) is 10.6. The molecule has 0 saturated carbocycles. The number of ether oxygens (including phenoxy) is 1. The minimum absolute atomic E-state index is 0.179. The molecule has 0 aliphatic rings. The average Bonchev–Trinajstić information content (AvgIpc) is 2.16. The second-order valence-electron chi connectivity index (χ2n) is 2.59. The third kappa shape index (κ3) is 2.76. The van der Waals surface area contributed by atoms with Crippen LogP contribution in [0.2, 0.25) is 0 Å². The van der Waals surface area contributed by atoms with Gasteiger partial charge in [0.15, 0.2) is 6.61 Å². The molecule has 2 N–H and O–H groups in total. The molecule has 0 bridgehead atoms. The molecule has 0 unspecified atom stereocenters. The smallest absolute Gasteiger partial charge is 0.281 e. The van der Waals surface area contributed by atoms with Crippen LogP contribution in [0.15, 0.2) is 24.3 Å². The predicted molar refractivity (Wildman–Crippen MR) is 46.6 cm³/mol. The van der Waals surface area contributed by atoms with Crippen LogP contribution in [0, 0.1) is 6.92 Å². The Balaban J connectivity index is 2.54. The number of hydroxylamine groups is 1. The summed E-state index contributed by atoms with van der Waals surface area (Å²) in [6, 6.07) is 7.35. The Morgan fingerprint density at radius 3 is 2.85 bits per heavy atom. The fraction of sp³-hybridized carbons (Fsp3) is 0.222. The summed E-state index contributed by atoms with van der Waals surface area (Å²) in [6.45, 7) is 1.70. The van der Waals surface area contributed by atoms with Crippen molar-refractivity contribution in [2.75, 3.05) is 6.61 Å². The Morgan fingerprint density at radius 1 is 1.54 bits per heavy atom. The highest BCUT2D eigenvalue weighted by Crippen LogP contribution is 2.15. The highest BCUT2D eigenvalue weighted by molar-refractivity contribution is 5.76. The van der Waals surface area contributed by atoms with E-state index in [2.05, 4.69) is 0 Å². The van der Waals surface area contributed by atoms with Gasteiger partial charge in [0.25, 0.3) is 5.91 Å². The first kappa shape index (κ1) is 9.54. The molecule has 70 valence electrons. The Bertz CT molecular complexity index is 299. The average molecular weight is 181 g/mol. The molecule has 1 rings (SSSR count). The second kappa shape index (κ2) is 4.47. The molecule has 0 spiro atoms. The van der Waals surface area contributed by atoms with E-state index in [0.717, 1.165) is 5.56 Å². The van der Waals surface area contributed by atoms with Crippen LogP contribution in [-0.4, -0.2) is 17.7 Å². The number of para-hydroxylation sites is 1. The van der Waals surface area contributed by atoms with Crippen molar-refractivity contribution < 1.29 is 14.7 Å². The van der Waals surface area contributed by atoms with E-state index >= 15 is 0 Å². The monoisotopic (exact) mass is 181 g/mol. The zero-order valence-electron chi connectivity index (χ0n) is 7.28. The number of aryl methyl sites for hydroxylation is 1. The summed E-state index contributed by atoms with van der Waals surface area (Å²) in [5, 5.41) is 8.20. The lowest BCUT2D eigenvalue weighted by atomic mass is 10.2. The fourth-order valence-corrected chi connectivity index (χ4v) is 0.894. The summed E-state index contributed by atoms with van der Waals surface area (Å²) >= 11 is 0. The number of carbonyl (C=O) groups excluding carboxylic acids is 1. The molecule has 4 nitrogen and oxygen atoms in total. The minimum Gasteiger partial charge on any atom is -0.483 e. The van der Waals surface area contributed by atoms with Gasteiger partial charge in [0, 0.05) is 0 Å². The Kier molecular flexibility index (Phi) is 3.28. The van der Waals surface area contributed by atoms with Gasteiger partial charge in [0.1, 0.15) is 5.75 Å². The summed E-state index contributed by atoms with van der Waals surface area (Å²) in [5.74, 6) is 0.0781. The van der Waals surface area contributed by atoms with E-state index in [1.807, 2.05) is 25.1 Å². The standard InChI is InChI=1S/C9H11NO3/c1-7-4-2-3-5-8(7)13-6-9(11)10-12/h2-5,12H,6H2,1H3,(H,10,11). The summed E-state index contributed by atoms with van der Waals surface area (Å²) in [5.41, 5.74) is 2.44. The molecule has 0 atom stereocenters. The molecule has 0 saturated heterocycles. The Hall–Kier alpha value is -1.55. The van der Waals surface area contributed by atoms with Crippen molar-refractivity contribution in [2.45, 2.75) is 6.92 Å². The molecular weight excluding hydrogens is 170 g/mol. The number of carbonyl (C=O) groups is 1. The second-order valence-corrected chi connectivity index (χ2v) is 2.59. The third-order valence-electron chi connectivity index (χ3n) is 1.58. The van der Waals surface area contributed by atoms with Crippen LogP contribution in [0.3, 0.4) is 0 Å². The SMILES string of the molecule is Cc1ccccc1OCC(=O)NO. The van der Waals surface area contributed by atoms with Crippen LogP contribution in [0.25, 0.3) is 0 Å².